The smallest absolute Gasteiger partial charge is 0.133 e. The van der Waals surface area contributed by atoms with Gasteiger partial charge in [0.15, 0.2) is 0 Å². The fourth-order valence-corrected chi connectivity index (χ4v) is 1.71. The van der Waals surface area contributed by atoms with Crippen LogP contribution in [0.5, 0.6) is 5.75 Å². The average Bonchev–Trinajstić information content (AvgIpc) is 2.14. The molecule has 2 N–H and O–H groups in total. The normalized spacial score (nSPS) is 10.7. The zero-order valence-electron chi connectivity index (χ0n) is 9.16. The Hall–Kier alpha value is -0.740. The van der Waals surface area contributed by atoms with Gasteiger partial charge < -0.3 is 15.4 Å². The van der Waals surface area contributed by atoms with Gasteiger partial charge in [-0.2, -0.15) is 0 Å². The minimum atomic E-state index is 0.723. The molecule has 0 bridgehead atoms. The summed E-state index contributed by atoms with van der Waals surface area (Å²) < 4.78 is 6.52. The molecule has 0 saturated carbocycles. The van der Waals surface area contributed by atoms with Crippen LogP contribution in [0, 0.1) is 0 Å². The van der Waals surface area contributed by atoms with Gasteiger partial charge in [-0.25, -0.2) is 0 Å². The largest absolute Gasteiger partial charge is 0.492 e. The molecule has 0 aliphatic heterocycles. The van der Waals surface area contributed by atoms with Crippen LogP contribution in [0.3, 0.4) is 0 Å². The van der Waals surface area contributed by atoms with Gasteiger partial charge in [0.2, 0.25) is 0 Å². The molecule has 1 aromatic carbocycles. The maximum atomic E-state index is 5.63. The van der Waals surface area contributed by atoms with Crippen LogP contribution in [0.15, 0.2) is 22.7 Å². The van der Waals surface area contributed by atoms with Gasteiger partial charge in [0.1, 0.15) is 5.75 Å². The Labute approximate surface area is 99.3 Å². The van der Waals surface area contributed by atoms with E-state index in [9.17, 15) is 0 Å². The number of halogens is 1. The van der Waals surface area contributed by atoms with Crippen molar-refractivity contribution in [3.63, 3.8) is 0 Å². The van der Waals surface area contributed by atoms with Crippen molar-refractivity contribution in [1.29, 1.82) is 0 Å². The Morgan fingerprint density at radius 3 is 2.73 bits per heavy atom. The molecule has 0 aromatic heterocycles. The minimum absolute atomic E-state index is 0.723. The molecule has 4 heteroatoms. The van der Waals surface area contributed by atoms with Crippen LogP contribution in [0.4, 0.5) is 5.69 Å². The molecule has 0 heterocycles. The second-order valence-corrected chi connectivity index (χ2v) is 4.55. The summed E-state index contributed by atoms with van der Waals surface area (Å²) in [5, 5.41) is 0. The first-order valence-electron chi connectivity index (χ1n) is 4.92. The van der Waals surface area contributed by atoms with Crippen molar-refractivity contribution < 1.29 is 4.74 Å². The molecule has 0 saturated heterocycles. The fraction of sp³-hybridized carbons (Fsp3) is 0.455. The topological polar surface area (TPSA) is 38.5 Å². The van der Waals surface area contributed by atoms with E-state index in [2.05, 4.69) is 34.9 Å². The van der Waals surface area contributed by atoms with Crippen molar-refractivity contribution in [2.45, 2.75) is 6.42 Å². The quantitative estimate of drug-likeness (QED) is 0.661. The van der Waals surface area contributed by atoms with Gasteiger partial charge in [0, 0.05) is 12.2 Å². The first-order valence-corrected chi connectivity index (χ1v) is 5.71. The number of rotatable bonds is 5. The molecule has 84 valence electrons. The summed E-state index contributed by atoms with van der Waals surface area (Å²) in [6.45, 7) is 1.76. The lowest BCUT2D eigenvalue weighted by Gasteiger charge is -2.11. The minimum Gasteiger partial charge on any atom is -0.492 e. The Bertz CT molecular complexity index is 315. The molecule has 0 aliphatic rings. The van der Waals surface area contributed by atoms with Crippen LogP contribution in [-0.4, -0.2) is 32.1 Å². The van der Waals surface area contributed by atoms with Crippen molar-refractivity contribution in [1.82, 2.24) is 4.90 Å². The number of hydrogen-bond acceptors (Lipinski definition) is 3. The van der Waals surface area contributed by atoms with E-state index >= 15 is 0 Å². The SMILES string of the molecule is CN(C)CCCOc1ccc(N)cc1Br. The number of nitrogens with two attached hydrogens (primary N) is 1. The van der Waals surface area contributed by atoms with Crippen molar-refractivity contribution in [3.8, 4) is 5.75 Å². The lowest BCUT2D eigenvalue weighted by molar-refractivity contribution is 0.280. The van der Waals surface area contributed by atoms with Gasteiger partial charge in [-0.15, -0.1) is 0 Å². The van der Waals surface area contributed by atoms with Gasteiger partial charge in [-0.3, -0.25) is 0 Å². The second-order valence-electron chi connectivity index (χ2n) is 3.70. The summed E-state index contributed by atoms with van der Waals surface area (Å²) in [4.78, 5) is 2.14. The molecule has 0 fully saturated rings. The van der Waals surface area contributed by atoms with E-state index in [1.54, 1.807) is 0 Å². The highest BCUT2D eigenvalue weighted by atomic mass is 79.9. The number of nitrogen functional groups attached to an aromatic ring is 1. The Morgan fingerprint density at radius 1 is 1.40 bits per heavy atom. The summed E-state index contributed by atoms with van der Waals surface area (Å²) in [5.74, 6) is 0.850. The Kier molecular flexibility index (Phi) is 4.91. The summed E-state index contributed by atoms with van der Waals surface area (Å²) in [6.07, 6.45) is 1.02. The third-order valence-corrected chi connectivity index (χ3v) is 2.58. The predicted molar refractivity (Wildman–Crippen MR) is 67.2 cm³/mol. The molecule has 0 radical (unpaired) electrons. The first-order chi connectivity index (χ1) is 7.09. The second kappa shape index (κ2) is 5.98. The Morgan fingerprint density at radius 2 is 2.13 bits per heavy atom. The standard InChI is InChI=1S/C11H17BrN2O/c1-14(2)6-3-7-15-11-5-4-9(13)8-10(11)12/h4-5,8H,3,6-7,13H2,1-2H3. The number of ether oxygens (including phenoxy) is 1. The molecule has 0 unspecified atom stereocenters. The van der Waals surface area contributed by atoms with Gasteiger partial charge in [-0.1, -0.05) is 0 Å². The van der Waals surface area contributed by atoms with Crippen molar-refractivity contribution in [3.05, 3.63) is 22.7 Å². The average molecular weight is 273 g/mol. The lowest BCUT2D eigenvalue weighted by atomic mass is 10.3. The predicted octanol–water partition coefficient (Wildman–Crippen LogP) is 2.36. The van der Waals surface area contributed by atoms with E-state index in [4.69, 9.17) is 10.5 Å². The van der Waals surface area contributed by atoms with Crippen LogP contribution in [0.1, 0.15) is 6.42 Å². The molecular formula is C11H17BrN2O. The fourth-order valence-electron chi connectivity index (χ4n) is 1.20. The van der Waals surface area contributed by atoms with E-state index in [0.29, 0.717) is 0 Å². The van der Waals surface area contributed by atoms with Crippen LogP contribution >= 0.6 is 15.9 Å². The summed E-state index contributed by atoms with van der Waals surface area (Å²) >= 11 is 3.41. The number of anilines is 1. The number of benzene rings is 1. The summed E-state index contributed by atoms with van der Waals surface area (Å²) in [7, 11) is 4.11. The van der Waals surface area contributed by atoms with E-state index in [-0.39, 0.29) is 0 Å². The maximum absolute atomic E-state index is 5.63. The zero-order valence-corrected chi connectivity index (χ0v) is 10.8. The first kappa shape index (κ1) is 12.3. The monoisotopic (exact) mass is 272 g/mol. The highest BCUT2D eigenvalue weighted by Crippen LogP contribution is 2.26. The van der Waals surface area contributed by atoms with Gasteiger partial charge in [-0.05, 0) is 54.6 Å². The molecular weight excluding hydrogens is 256 g/mol. The summed E-state index contributed by atoms with van der Waals surface area (Å²) in [5.41, 5.74) is 6.37. The molecule has 0 spiro atoms. The molecule has 1 aromatic rings. The third kappa shape index (κ3) is 4.53. The van der Waals surface area contributed by atoms with Gasteiger partial charge in [0.25, 0.3) is 0 Å². The molecule has 0 aliphatic carbocycles. The Balaban J connectivity index is 2.37. The molecule has 15 heavy (non-hydrogen) atoms. The third-order valence-electron chi connectivity index (χ3n) is 1.96. The zero-order chi connectivity index (χ0) is 11.3. The maximum Gasteiger partial charge on any atom is 0.133 e. The van der Waals surface area contributed by atoms with Crippen LogP contribution in [0.25, 0.3) is 0 Å². The number of hydrogen-bond donors (Lipinski definition) is 1. The molecule has 0 amide bonds. The van der Waals surface area contributed by atoms with Crippen LogP contribution in [-0.2, 0) is 0 Å². The van der Waals surface area contributed by atoms with Crippen LogP contribution < -0.4 is 10.5 Å². The van der Waals surface area contributed by atoms with E-state index in [0.717, 1.165) is 35.5 Å². The summed E-state index contributed by atoms with van der Waals surface area (Å²) in [6, 6.07) is 5.57. The molecule has 0 atom stereocenters. The van der Waals surface area contributed by atoms with Crippen molar-refractivity contribution >= 4 is 21.6 Å². The van der Waals surface area contributed by atoms with Crippen LogP contribution in [0.2, 0.25) is 0 Å². The molecule has 1 rings (SSSR count). The highest BCUT2D eigenvalue weighted by molar-refractivity contribution is 9.10. The lowest BCUT2D eigenvalue weighted by Crippen LogP contribution is -2.15. The van der Waals surface area contributed by atoms with Gasteiger partial charge in [0.05, 0.1) is 11.1 Å². The van der Waals surface area contributed by atoms with Gasteiger partial charge >= 0.3 is 0 Å². The molecule has 3 nitrogen and oxygen atoms in total. The van der Waals surface area contributed by atoms with E-state index < -0.39 is 0 Å². The number of nitrogens with zero attached hydrogens (tertiary/aromatic N) is 1. The van der Waals surface area contributed by atoms with E-state index in [1.807, 2.05) is 18.2 Å². The highest BCUT2D eigenvalue weighted by Gasteiger charge is 2.00. The van der Waals surface area contributed by atoms with Crippen molar-refractivity contribution in [2.24, 2.45) is 0 Å². The van der Waals surface area contributed by atoms with Crippen molar-refractivity contribution in [2.75, 3.05) is 33.0 Å². The van der Waals surface area contributed by atoms with E-state index in [1.165, 1.54) is 0 Å².